The van der Waals surface area contributed by atoms with E-state index >= 15 is 0 Å². The minimum absolute atomic E-state index is 0. The average Bonchev–Trinajstić information content (AvgIpc) is 2.75. The zero-order chi connectivity index (χ0) is 21.6. The van der Waals surface area contributed by atoms with Gasteiger partial charge in [-0.15, -0.1) is 0 Å². The third-order valence-corrected chi connectivity index (χ3v) is 7.89. The second kappa shape index (κ2) is 18.3. The Balaban J connectivity index is 0. The summed E-state index contributed by atoms with van der Waals surface area (Å²) in [4.78, 5) is 0. The van der Waals surface area contributed by atoms with Crippen molar-refractivity contribution in [2.45, 2.75) is 136 Å². The Labute approximate surface area is 196 Å². The molecule has 0 aromatic heterocycles. The van der Waals surface area contributed by atoms with Crippen LogP contribution in [0.4, 0.5) is 0 Å². The van der Waals surface area contributed by atoms with Crippen LogP contribution in [0.25, 0.3) is 0 Å². The normalized spacial score (nSPS) is 18.4. The van der Waals surface area contributed by atoms with Gasteiger partial charge in [-0.05, 0) is 70.6 Å². The van der Waals surface area contributed by atoms with Gasteiger partial charge in [-0.25, -0.2) is 0 Å². The maximum atomic E-state index is 2.36. The molecule has 2 saturated carbocycles. The topological polar surface area (TPSA) is 60.0 Å². The summed E-state index contributed by atoms with van der Waals surface area (Å²) in [6.07, 6.45) is 23.2. The van der Waals surface area contributed by atoms with Gasteiger partial charge in [0.05, 0.1) is 52.9 Å². The van der Waals surface area contributed by atoms with Gasteiger partial charge in [0.2, 0.25) is 0 Å². The highest BCUT2D eigenvalue weighted by Crippen LogP contribution is 2.30. The molecule has 0 atom stereocenters. The Kier molecular flexibility index (Phi) is 19.5. The molecule has 0 saturated heterocycles. The molecule has 31 heavy (non-hydrogen) atoms. The molecule has 0 radical (unpaired) electrons. The number of hydrogen-bond donors (Lipinski definition) is 0. The van der Waals surface area contributed by atoms with E-state index in [0.29, 0.717) is 0 Å². The molecule has 2 rings (SSSR count). The van der Waals surface area contributed by atoms with Crippen LogP contribution in [0.2, 0.25) is 0 Å². The van der Waals surface area contributed by atoms with E-state index in [0.717, 1.165) is 12.1 Å². The molecule has 2 N–H and O–H groups in total. The lowest BCUT2D eigenvalue weighted by atomic mass is 9.91. The van der Waals surface area contributed by atoms with Crippen LogP contribution in [0.1, 0.15) is 124 Å². The minimum atomic E-state index is 0. The maximum absolute atomic E-state index is 2.36. The quantitative estimate of drug-likeness (QED) is 0.316. The molecule has 190 valence electrons. The standard InChI is InChI=1S/C18H38N.C9H20N.2H2O/c1-4-7-15-19(16-8-5-2,17-9-6-3)18-13-11-10-12-14-18;1-10(2,3)9-7-5-4-6-8-9;;/h18H,4-17H2,1-3H3;9H,4-8H2,1-3H3;2*1H2/q2*+1;;/p-2. The Morgan fingerprint density at radius 2 is 0.839 bits per heavy atom. The van der Waals surface area contributed by atoms with Crippen LogP contribution >= 0.6 is 0 Å². The summed E-state index contributed by atoms with van der Waals surface area (Å²) >= 11 is 0. The van der Waals surface area contributed by atoms with Crippen LogP contribution in [-0.4, -0.2) is 72.8 Å². The van der Waals surface area contributed by atoms with Crippen molar-refractivity contribution in [2.24, 2.45) is 0 Å². The van der Waals surface area contributed by atoms with Crippen molar-refractivity contribution in [1.82, 2.24) is 0 Å². The fourth-order valence-corrected chi connectivity index (χ4v) is 5.79. The van der Waals surface area contributed by atoms with E-state index in [-0.39, 0.29) is 11.0 Å². The van der Waals surface area contributed by atoms with E-state index in [1.54, 1.807) is 0 Å². The van der Waals surface area contributed by atoms with Gasteiger partial charge < -0.3 is 19.9 Å². The highest BCUT2D eigenvalue weighted by atomic mass is 16.0. The molecule has 4 heteroatoms. The van der Waals surface area contributed by atoms with E-state index in [9.17, 15) is 0 Å². The summed E-state index contributed by atoms with van der Waals surface area (Å²) in [5.74, 6) is 0. The van der Waals surface area contributed by atoms with E-state index in [1.165, 1.54) is 131 Å². The number of hydrogen-bond acceptors (Lipinski definition) is 2. The zero-order valence-corrected chi connectivity index (χ0v) is 22.4. The van der Waals surface area contributed by atoms with Crippen LogP contribution in [0.5, 0.6) is 0 Å². The monoisotopic (exact) mass is 444 g/mol. The van der Waals surface area contributed by atoms with Crippen LogP contribution in [-0.2, 0) is 0 Å². The predicted octanol–water partition coefficient (Wildman–Crippen LogP) is 7.21. The average molecular weight is 445 g/mol. The summed E-state index contributed by atoms with van der Waals surface area (Å²) in [7, 11) is 6.95. The minimum Gasteiger partial charge on any atom is -0.870 e. The number of unbranched alkanes of at least 4 members (excludes halogenated alkanes) is 3. The molecule has 0 bridgehead atoms. The molecule has 0 unspecified atom stereocenters. The lowest BCUT2D eigenvalue weighted by molar-refractivity contribution is -0.953. The lowest BCUT2D eigenvalue weighted by Gasteiger charge is -2.47. The molecule has 2 aliphatic carbocycles. The molecule has 0 heterocycles. The van der Waals surface area contributed by atoms with Gasteiger partial charge in [0.1, 0.15) is 0 Å². The van der Waals surface area contributed by atoms with Crippen molar-refractivity contribution >= 4 is 0 Å². The molecule has 0 aromatic carbocycles. The molecule has 0 spiro atoms. The van der Waals surface area contributed by atoms with Crippen LogP contribution < -0.4 is 0 Å². The molecule has 4 nitrogen and oxygen atoms in total. The first-order chi connectivity index (χ1) is 13.9. The van der Waals surface area contributed by atoms with Gasteiger partial charge in [0.15, 0.2) is 0 Å². The van der Waals surface area contributed by atoms with Crippen molar-refractivity contribution in [2.75, 3.05) is 40.8 Å². The van der Waals surface area contributed by atoms with E-state index in [2.05, 4.69) is 41.9 Å². The van der Waals surface area contributed by atoms with Crippen LogP contribution in [0.3, 0.4) is 0 Å². The van der Waals surface area contributed by atoms with Gasteiger partial charge in [-0.3, -0.25) is 0 Å². The number of nitrogens with zero attached hydrogens (tertiary/aromatic N) is 2. The maximum Gasteiger partial charge on any atom is 0.0890 e. The van der Waals surface area contributed by atoms with E-state index in [4.69, 9.17) is 0 Å². The second-order valence-corrected chi connectivity index (χ2v) is 11.1. The molecule has 0 aromatic rings. The third kappa shape index (κ3) is 12.6. The summed E-state index contributed by atoms with van der Waals surface area (Å²) < 4.78 is 2.65. The highest BCUT2D eigenvalue weighted by Gasteiger charge is 2.36. The fraction of sp³-hybridized carbons (Fsp3) is 1.00. The molecule has 2 fully saturated rings. The molecular formula is C27H60N2O2. The van der Waals surface area contributed by atoms with Gasteiger partial charge in [0.25, 0.3) is 0 Å². The predicted molar refractivity (Wildman–Crippen MR) is 135 cm³/mol. The largest absolute Gasteiger partial charge is 0.870 e. The zero-order valence-electron chi connectivity index (χ0n) is 22.4. The third-order valence-electron chi connectivity index (χ3n) is 7.89. The first kappa shape index (κ1) is 33.0. The summed E-state index contributed by atoms with van der Waals surface area (Å²) in [6.45, 7) is 11.4. The van der Waals surface area contributed by atoms with Gasteiger partial charge in [-0.2, -0.15) is 0 Å². The molecule has 0 amide bonds. The lowest BCUT2D eigenvalue weighted by Crippen LogP contribution is -2.57. The van der Waals surface area contributed by atoms with Gasteiger partial charge in [-0.1, -0.05) is 52.9 Å². The molecule has 0 aliphatic heterocycles. The Bertz CT molecular complexity index is 361. The Hall–Kier alpha value is -0.160. The Morgan fingerprint density at radius 1 is 0.516 bits per heavy atom. The SMILES string of the molecule is CCCC[N+](CCCC)(CCCC)C1CCCCC1.C[N+](C)(C)C1CCCCC1.[OH-].[OH-]. The van der Waals surface area contributed by atoms with Crippen molar-refractivity contribution < 1.29 is 19.9 Å². The molecular weight excluding hydrogens is 384 g/mol. The van der Waals surface area contributed by atoms with Gasteiger partial charge in [0, 0.05) is 0 Å². The van der Waals surface area contributed by atoms with E-state index in [1.807, 2.05) is 0 Å². The van der Waals surface area contributed by atoms with Gasteiger partial charge >= 0.3 is 0 Å². The first-order valence-corrected chi connectivity index (χ1v) is 13.6. The van der Waals surface area contributed by atoms with E-state index < -0.39 is 0 Å². The van der Waals surface area contributed by atoms with Crippen LogP contribution in [0.15, 0.2) is 0 Å². The summed E-state index contributed by atoms with van der Waals surface area (Å²) in [5.41, 5.74) is 0. The Morgan fingerprint density at radius 3 is 1.10 bits per heavy atom. The second-order valence-electron chi connectivity index (χ2n) is 11.1. The van der Waals surface area contributed by atoms with Crippen molar-refractivity contribution in [3.05, 3.63) is 0 Å². The fourth-order valence-electron chi connectivity index (χ4n) is 5.79. The summed E-state index contributed by atoms with van der Waals surface area (Å²) in [6, 6.07) is 1.94. The van der Waals surface area contributed by atoms with Crippen molar-refractivity contribution in [3.8, 4) is 0 Å². The molecule has 2 aliphatic rings. The van der Waals surface area contributed by atoms with Crippen molar-refractivity contribution in [3.63, 3.8) is 0 Å². The smallest absolute Gasteiger partial charge is 0.0890 e. The summed E-state index contributed by atoms with van der Waals surface area (Å²) in [5, 5.41) is 0. The highest BCUT2D eigenvalue weighted by molar-refractivity contribution is 4.68. The van der Waals surface area contributed by atoms with Crippen molar-refractivity contribution in [1.29, 1.82) is 0 Å². The first-order valence-electron chi connectivity index (χ1n) is 13.6. The van der Waals surface area contributed by atoms with Crippen LogP contribution in [0, 0.1) is 0 Å². The number of quaternary nitrogens is 2. The number of rotatable bonds is 11.